The predicted octanol–water partition coefficient (Wildman–Crippen LogP) is 3.65. The summed E-state index contributed by atoms with van der Waals surface area (Å²) in [6.45, 7) is 5.81. The van der Waals surface area contributed by atoms with E-state index in [0.29, 0.717) is 18.0 Å². The lowest BCUT2D eigenvalue weighted by Gasteiger charge is -2.22. The molecule has 2 aromatic carbocycles. The number of hydrogen-bond donors (Lipinski definition) is 2. The predicted molar refractivity (Wildman–Crippen MR) is 109 cm³/mol. The van der Waals surface area contributed by atoms with Crippen molar-refractivity contribution in [1.82, 2.24) is 0 Å². The van der Waals surface area contributed by atoms with Crippen LogP contribution < -0.4 is 15.8 Å². The van der Waals surface area contributed by atoms with Gasteiger partial charge in [-0.2, -0.15) is 0 Å². The number of benzene rings is 2. The quantitative estimate of drug-likeness (QED) is 0.678. The molecule has 0 saturated carbocycles. The van der Waals surface area contributed by atoms with E-state index in [9.17, 15) is 9.59 Å². The van der Waals surface area contributed by atoms with Crippen LogP contribution in [0.5, 0.6) is 5.75 Å². The number of ether oxygens (including phenoxy) is 2. The number of carbonyl (C=O) groups is 2. The zero-order valence-electron chi connectivity index (χ0n) is 16.6. The molecule has 0 aromatic heterocycles. The summed E-state index contributed by atoms with van der Waals surface area (Å²) < 4.78 is 10.9. The van der Waals surface area contributed by atoms with Gasteiger partial charge < -0.3 is 20.5 Å². The number of nitrogens with one attached hydrogen (secondary N) is 1. The van der Waals surface area contributed by atoms with E-state index in [1.165, 1.54) is 0 Å². The standard InChI is InChI=1S/C22H28N2O4/c1-22(2,3)28-21(26)19(23)13-14-20(25)24-17-9-11-18(12-10-17)27-15-16-7-5-4-6-8-16/h4-12,19H,13-15,23H2,1-3H3,(H,24,25)/t19-/m0/s1. The van der Waals surface area contributed by atoms with Crippen molar-refractivity contribution in [2.24, 2.45) is 5.73 Å². The first-order valence-corrected chi connectivity index (χ1v) is 9.28. The van der Waals surface area contributed by atoms with Gasteiger partial charge in [-0.05, 0) is 57.0 Å². The number of rotatable bonds is 8. The molecule has 1 amide bonds. The third-order valence-corrected chi connectivity index (χ3v) is 3.78. The highest BCUT2D eigenvalue weighted by atomic mass is 16.6. The Kier molecular flexibility index (Phi) is 7.58. The van der Waals surface area contributed by atoms with E-state index in [1.54, 1.807) is 45.0 Å². The van der Waals surface area contributed by atoms with Crippen molar-refractivity contribution in [3.8, 4) is 5.75 Å². The summed E-state index contributed by atoms with van der Waals surface area (Å²) in [4.78, 5) is 23.9. The number of nitrogens with two attached hydrogens (primary N) is 1. The van der Waals surface area contributed by atoms with Gasteiger partial charge in [0.25, 0.3) is 0 Å². The van der Waals surface area contributed by atoms with Gasteiger partial charge in [0.15, 0.2) is 0 Å². The number of amides is 1. The molecule has 0 radical (unpaired) electrons. The summed E-state index contributed by atoms with van der Waals surface area (Å²) >= 11 is 0. The van der Waals surface area contributed by atoms with Gasteiger partial charge >= 0.3 is 5.97 Å². The third-order valence-electron chi connectivity index (χ3n) is 3.78. The maximum absolute atomic E-state index is 12.1. The van der Waals surface area contributed by atoms with E-state index in [2.05, 4.69) is 5.32 Å². The van der Waals surface area contributed by atoms with Crippen molar-refractivity contribution < 1.29 is 19.1 Å². The lowest BCUT2D eigenvalue weighted by atomic mass is 10.1. The Morgan fingerprint density at radius 3 is 2.29 bits per heavy atom. The Morgan fingerprint density at radius 1 is 1.04 bits per heavy atom. The molecule has 3 N–H and O–H groups in total. The zero-order chi connectivity index (χ0) is 20.6. The van der Waals surface area contributed by atoms with Crippen LogP contribution in [0.3, 0.4) is 0 Å². The van der Waals surface area contributed by atoms with Crippen LogP contribution in [-0.4, -0.2) is 23.5 Å². The molecule has 1 atom stereocenters. The lowest BCUT2D eigenvalue weighted by Crippen LogP contribution is -2.37. The maximum Gasteiger partial charge on any atom is 0.323 e. The summed E-state index contributed by atoms with van der Waals surface area (Å²) in [6.07, 6.45) is 0.353. The topological polar surface area (TPSA) is 90.7 Å². The molecule has 6 nitrogen and oxygen atoms in total. The number of hydrogen-bond acceptors (Lipinski definition) is 5. The fourth-order valence-corrected chi connectivity index (χ4v) is 2.38. The minimum atomic E-state index is -0.821. The molecule has 0 heterocycles. The van der Waals surface area contributed by atoms with E-state index in [1.807, 2.05) is 30.3 Å². The van der Waals surface area contributed by atoms with Crippen LogP contribution >= 0.6 is 0 Å². The average molecular weight is 384 g/mol. The minimum Gasteiger partial charge on any atom is -0.489 e. The van der Waals surface area contributed by atoms with Crippen LogP contribution in [0.25, 0.3) is 0 Å². The highest BCUT2D eigenvalue weighted by Gasteiger charge is 2.22. The first-order chi connectivity index (χ1) is 13.2. The second-order valence-corrected chi connectivity index (χ2v) is 7.53. The summed E-state index contributed by atoms with van der Waals surface area (Å²) in [6, 6.07) is 16.2. The second-order valence-electron chi connectivity index (χ2n) is 7.53. The van der Waals surface area contributed by atoms with Crippen molar-refractivity contribution in [2.45, 2.75) is 51.9 Å². The van der Waals surface area contributed by atoms with Crippen molar-refractivity contribution >= 4 is 17.6 Å². The highest BCUT2D eigenvalue weighted by molar-refractivity contribution is 5.91. The van der Waals surface area contributed by atoms with Crippen molar-refractivity contribution in [2.75, 3.05) is 5.32 Å². The number of carbonyl (C=O) groups excluding carboxylic acids is 2. The fraction of sp³-hybridized carbons (Fsp3) is 0.364. The van der Waals surface area contributed by atoms with E-state index >= 15 is 0 Å². The zero-order valence-corrected chi connectivity index (χ0v) is 16.6. The third kappa shape index (κ3) is 7.80. The summed E-state index contributed by atoms with van der Waals surface area (Å²) in [5, 5.41) is 2.78. The van der Waals surface area contributed by atoms with Crippen molar-refractivity contribution in [3.05, 3.63) is 60.2 Å². The smallest absolute Gasteiger partial charge is 0.323 e. The van der Waals surface area contributed by atoms with E-state index in [-0.39, 0.29) is 18.7 Å². The molecule has 0 fully saturated rings. The first kappa shape index (κ1) is 21.4. The van der Waals surface area contributed by atoms with Gasteiger partial charge in [-0.3, -0.25) is 9.59 Å². The summed E-state index contributed by atoms with van der Waals surface area (Å²) in [5.74, 6) is 0.00554. The molecule has 2 aromatic rings. The molecule has 0 saturated heterocycles. The molecule has 0 aliphatic rings. The lowest BCUT2D eigenvalue weighted by molar-refractivity contribution is -0.156. The molecule has 150 valence electrons. The Bertz CT molecular complexity index is 767. The molecular formula is C22H28N2O4. The summed E-state index contributed by atoms with van der Waals surface area (Å²) in [7, 11) is 0. The fourth-order valence-electron chi connectivity index (χ4n) is 2.38. The summed E-state index contributed by atoms with van der Waals surface area (Å²) in [5.41, 5.74) is 6.94. The number of anilines is 1. The van der Waals surface area contributed by atoms with Gasteiger partial charge in [0.05, 0.1) is 0 Å². The highest BCUT2D eigenvalue weighted by Crippen LogP contribution is 2.17. The molecule has 0 aliphatic heterocycles. The van der Waals surface area contributed by atoms with E-state index in [0.717, 1.165) is 5.56 Å². The SMILES string of the molecule is CC(C)(C)OC(=O)[C@@H](N)CCC(=O)Nc1ccc(OCc2ccccc2)cc1. The van der Waals surface area contributed by atoms with Crippen LogP contribution in [0, 0.1) is 0 Å². The number of esters is 1. The molecule has 6 heteroatoms. The Balaban J connectivity index is 1.75. The van der Waals surface area contributed by atoms with E-state index in [4.69, 9.17) is 15.2 Å². The molecule has 0 aliphatic carbocycles. The van der Waals surface area contributed by atoms with Gasteiger partial charge in [-0.25, -0.2) is 0 Å². The maximum atomic E-state index is 12.1. The normalized spacial score (nSPS) is 12.1. The van der Waals surface area contributed by atoms with Crippen molar-refractivity contribution in [1.29, 1.82) is 0 Å². The van der Waals surface area contributed by atoms with Gasteiger partial charge in [0.1, 0.15) is 24.0 Å². The Hall–Kier alpha value is -2.86. The molecule has 0 unspecified atom stereocenters. The van der Waals surface area contributed by atoms with E-state index < -0.39 is 17.6 Å². The first-order valence-electron chi connectivity index (χ1n) is 9.28. The van der Waals surface area contributed by atoms with Crippen LogP contribution in [-0.2, 0) is 20.9 Å². The molecule has 2 rings (SSSR count). The Morgan fingerprint density at radius 2 is 1.68 bits per heavy atom. The van der Waals surface area contributed by atoms with Crippen LogP contribution in [0.1, 0.15) is 39.2 Å². The average Bonchev–Trinajstić information content (AvgIpc) is 2.65. The van der Waals surface area contributed by atoms with Crippen LogP contribution in [0.15, 0.2) is 54.6 Å². The van der Waals surface area contributed by atoms with Crippen LogP contribution in [0.2, 0.25) is 0 Å². The minimum absolute atomic E-state index is 0.132. The largest absolute Gasteiger partial charge is 0.489 e. The second kappa shape index (κ2) is 9.90. The van der Waals surface area contributed by atoms with Crippen LogP contribution in [0.4, 0.5) is 5.69 Å². The van der Waals surface area contributed by atoms with Gasteiger partial charge in [0.2, 0.25) is 5.91 Å². The van der Waals surface area contributed by atoms with Gasteiger partial charge in [-0.1, -0.05) is 30.3 Å². The molecular weight excluding hydrogens is 356 g/mol. The van der Waals surface area contributed by atoms with Gasteiger partial charge in [-0.15, -0.1) is 0 Å². The van der Waals surface area contributed by atoms with Gasteiger partial charge in [0, 0.05) is 12.1 Å². The molecule has 0 bridgehead atoms. The Labute approximate surface area is 166 Å². The monoisotopic (exact) mass is 384 g/mol. The molecule has 0 spiro atoms. The van der Waals surface area contributed by atoms with Crippen molar-refractivity contribution in [3.63, 3.8) is 0 Å². The molecule has 28 heavy (non-hydrogen) atoms.